The van der Waals surface area contributed by atoms with Crippen LogP contribution in [0.15, 0.2) is 64.0 Å². The first-order valence-corrected chi connectivity index (χ1v) is 11.2. The number of rotatable bonds is 8. The highest BCUT2D eigenvalue weighted by atomic mass is 127. The molecular weight excluding hydrogens is 515 g/mol. The van der Waals surface area contributed by atoms with Crippen molar-refractivity contribution in [2.24, 2.45) is 4.99 Å². The molecule has 1 aliphatic heterocycles. The van der Waals surface area contributed by atoms with Crippen molar-refractivity contribution in [3.8, 4) is 0 Å². The number of hydrogen-bond acceptors (Lipinski definition) is 4. The van der Waals surface area contributed by atoms with Gasteiger partial charge in [-0.2, -0.15) is 0 Å². The van der Waals surface area contributed by atoms with E-state index in [1.54, 1.807) is 0 Å². The van der Waals surface area contributed by atoms with Crippen molar-refractivity contribution in [2.45, 2.75) is 26.4 Å². The summed E-state index contributed by atoms with van der Waals surface area (Å²) in [5.41, 5.74) is 3.55. The molecule has 6 nitrogen and oxygen atoms in total. The Morgan fingerprint density at radius 3 is 2.53 bits per heavy atom. The van der Waals surface area contributed by atoms with Gasteiger partial charge in [0.15, 0.2) is 5.96 Å². The third-order valence-electron chi connectivity index (χ3n) is 5.51. The van der Waals surface area contributed by atoms with Crippen LogP contribution in [-0.4, -0.2) is 50.3 Å². The van der Waals surface area contributed by atoms with Crippen molar-refractivity contribution in [3.63, 3.8) is 0 Å². The van der Waals surface area contributed by atoms with E-state index in [1.807, 2.05) is 18.2 Å². The van der Waals surface area contributed by atoms with E-state index in [4.69, 9.17) is 14.1 Å². The Morgan fingerprint density at radius 2 is 1.75 bits per heavy atom. The van der Waals surface area contributed by atoms with Crippen LogP contribution in [0.1, 0.15) is 23.8 Å². The van der Waals surface area contributed by atoms with Gasteiger partial charge in [0.2, 0.25) is 0 Å². The maximum absolute atomic E-state index is 5.91. The zero-order valence-electron chi connectivity index (χ0n) is 18.7. The molecular formula is C25H33IN4O2. The minimum absolute atomic E-state index is 0. The third kappa shape index (κ3) is 6.95. The average Bonchev–Trinajstić information content (AvgIpc) is 3.22. The number of benzene rings is 2. The first-order chi connectivity index (χ1) is 15.3. The Bertz CT molecular complexity index is 965. The van der Waals surface area contributed by atoms with Gasteiger partial charge in [-0.25, -0.2) is 4.99 Å². The zero-order chi connectivity index (χ0) is 21.3. The van der Waals surface area contributed by atoms with Crippen molar-refractivity contribution in [3.05, 3.63) is 71.5 Å². The minimum atomic E-state index is 0. The second kappa shape index (κ2) is 12.8. The molecule has 7 heteroatoms. The van der Waals surface area contributed by atoms with Gasteiger partial charge in [0.1, 0.15) is 11.3 Å². The fourth-order valence-corrected chi connectivity index (χ4v) is 3.84. The molecule has 2 heterocycles. The van der Waals surface area contributed by atoms with Crippen LogP contribution < -0.4 is 10.6 Å². The molecule has 2 aromatic carbocycles. The Balaban J connectivity index is 0.00000289. The number of aliphatic imine (C=N–C) groups is 1. The predicted molar refractivity (Wildman–Crippen MR) is 141 cm³/mol. The fraction of sp³-hybridized carbons (Fsp3) is 0.400. The Kier molecular flexibility index (Phi) is 9.83. The van der Waals surface area contributed by atoms with Crippen LogP contribution in [0.3, 0.4) is 0 Å². The molecule has 0 spiro atoms. The fourth-order valence-electron chi connectivity index (χ4n) is 3.84. The summed E-state index contributed by atoms with van der Waals surface area (Å²) in [5.74, 6) is 1.82. The number of fused-ring (bicyclic) bond motifs is 1. The maximum Gasteiger partial charge on any atom is 0.191 e. The van der Waals surface area contributed by atoms with Crippen LogP contribution in [-0.2, 0) is 24.2 Å². The number of nitrogens with one attached hydrogen (secondary N) is 2. The number of halogens is 1. The standard InChI is InChI=1S/C25H32N4O2.HI/c1-2-26-25(27-12-11-23-17-20-7-5-6-10-24(20)31-23)28-18-21-8-3-4-9-22(21)19-29-13-15-30-16-14-29;/h3-10,17H,2,11-16,18-19H2,1H3,(H2,26,27,28);1H. The quantitative estimate of drug-likeness (QED) is 0.251. The van der Waals surface area contributed by atoms with Gasteiger partial charge in [0.05, 0.1) is 19.8 Å². The molecule has 1 aromatic heterocycles. The lowest BCUT2D eigenvalue weighted by Gasteiger charge is -2.27. The van der Waals surface area contributed by atoms with Crippen LogP contribution >= 0.6 is 24.0 Å². The molecule has 0 bridgehead atoms. The van der Waals surface area contributed by atoms with E-state index in [1.165, 1.54) is 11.1 Å². The van der Waals surface area contributed by atoms with Crippen LogP contribution in [0.2, 0.25) is 0 Å². The van der Waals surface area contributed by atoms with Crippen molar-refractivity contribution in [2.75, 3.05) is 39.4 Å². The summed E-state index contributed by atoms with van der Waals surface area (Å²) in [4.78, 5) is 7.28. The van der Waals surface area contributed by atoms with Crippen molar-refractivity contribution < 1.29 is 9.15 Å². The van der Waals surface area contributed by atoms with E-state index >= 15 is 0 Å². The molecule has 3 aromatic rings. The third-order valence-corrected chi connectivity index (χ3v) is 5.51. The lowest BCUT2D eigenvalue weighted by atomic mass is 10.1. The van der Waals surface area contributed by atoms with Gasteiger partial charge < -0.3 is 19.8 Å². The van der Waals surface area contributed by atoms with Gasteiger partial charge in [0, 0.05) is 44.5 Å². The lowest BCUT2D eigenvalue weighted by Crippen LogP contribution is -2.38. The Labute approximate surface area is 207 Å². The van der Waals surface area contributed by atoms with Gasteiger partial charge in [-0.05, 0) is 30.2 Å². The van der Waals surface area contributed by atoms with E-state index < -0.39 is 0 Å². The average molecular weight is 548 g/mol. The Hall–Kier alpha value is -2.10. The van der Waals surface area contributed by atoms with E-state index in [2.05, 4.69) is 58.9 Å². The summed E-state index contributed by atoms with van der Waals surface area (Å²) >= 11 is 0. The largest absolute Gasteiger partial charge is 0.461 e. The molecule has 32 heavy (non-hydrogen) atoms. The molecule has 0 radical (unpaired) electrons. The number of hydrogen-bond donors (Lipinski definition) is 2. The first-order valence-electron chi connectivity index (χ1n) is 11.2. The molecule has 0 amide bonds. The van der Waals surface area contributed by atoms with Crippen molar-refractivity contribution in [1.82, 2.24) is 15.5 Å². The summed E-state index contributed by atoms with van der Waals surface area (Å²) < 4.78 is 11.4. The van der Waals surface area contributed by atoms with E-state index in [0.29, 0.717) is 6.54 Å². The summed E-state index contributed by atoms with van der Waals surface area (Å²) in [6.07, 6.45) is 0.812. The molecule has 1 aliphatic rings. The topological polar surface area (TPSA) is 62.0 Å². The smallest absolute Gasteiger partial charge is 0.191 e. The SMILES string of the molecule is CCNC(=NCc1ccccc1CN1CCOCC1)NCCc1cc2ccccc2o1.I. The van der Waals surface area contributed by atoms with Crippen LogP contribution in [0, 0.1) is 0 Å². The molecule has 0 saturated carbocycles. The summed E-state index contributed by atoms with van der Waals surface area (Å²) in [6, 6.07) is 18.8. The summed E-state index contributed by atoms with van der Waals surface area (Å²) in [7, 11) is 0. The zero-order valence-corrected chi connectivity index (χ0v) is 21.0. The number of ether oxygens (including phenoxy) is 1. The van der Waals surface area contributed by atoms with Crippen molar-refractivity contribution >= 4 is 40.9 Å². The molecule has 1 fully saturated rings. The molecule has 4 rings (SSSR count). The maximum atomic E-state index is 5.91. The monoisotopic (exact) mass is 548 g/mol. The van der Waals surface area contributed by atoms with E-state index in [-0.39, 0.29) is 24.0 Å². The van der Waals surface area contributed by atoms with E-state index in [9.17, 15) is 0 Å². The molecule has 0 atom stereocenters. The normalized spacial score (nSPS) is 14.8. The van der Waals surface area contributed by atoms with Gasteiger partial charge in [-0.1, -0.05) is 42.5 Å². The van der Waals surface area contributed by atoms with Crippen LogP contribution in [0.25, 0.3) is 11.0 Å². The molecule has 172 valence electrons. The predicted octanol–water partition coefficient (Wildman–Crippen LogP) is 4.18. The van der Waals surface area contributed by atoms with Crippen LogP contribution in [0.5, 0.6) is 0 Å². The number of nitrogens with zero attached hydrogens (tertiary/aromatic N) is 2. The lowest BCUT2D eigenvalue weighted by molar-refractivity contribution is 0.0341. The number of morpholine rings is 1. The highest BCUT2D eigenvalue weighted by molar-refractivity contribution is 14.0. The number of furan rings is 1. The minimum Gasteiger partial charge on any atom is -0.461 e. The van der Waals surface area contributed by atoms with Gasteiger partial charge in [-0.3, -0.25) is 4.90 Å². The van der Waals surface area contributed by atoms with Gasteiger partial charge in [-0.15, -0.1) is 24.0 Å². The number of para-hydroxylation sites is 1. The first kappa shape index (κ1) is 24.5. The highest BCUT2D eigenvalue weighted by Crippen LogP contribution is 2.19. The second-order valence-electron chi connectivity index (χ2n) is 7.78. The molecule has 1 saturated heterocycles. The molecule has 2 N–H and O–H groups in total. The van der Waals surface area contributed by atoms with Gasteiger partial charge in [0.25, 0.3) is 0 Å². The summed E-state index contributed by atoms with van der Waals surface area (Å²) in [5, 5.41) is 7.93. The number of guanidine groups is 1. The van der Waals surface area contributed by atoms with Gasteiger partial charge >= 0.3 is 0 Å². The van der Waals surface area contributed by atoms with Crippen molar-refractivity contribution in [1.29, 1.82) is 0 Å². The van der Waals surface area contributed by atoms with Crippen LogP contribution in [0.4, 0.5) is 0 Å². The van der Waals surface area contributed by atoms with E-state index in [0.717, 1.165) is 75.0 Å². The summed E-state index contributed by atoms with van der Waals surface area (Å²) in [6.45, 7) is 8.90. The highest BCUT2D eigenvalue weighted by Gasteiger charge is 2.12. The molecule has 0 unspecified atom stereocenters. The second-order valence-corrected chi connectivity index (χ2v) is 7.78. The Morgan fingerprint density at radius 1 is 1.00 bits per heavy atom. The molecule has 0 aliphatic carbocycles.